The normalized spacial score (nSPS) is 11.9. The minimum Gasteiger partial charge on any atom is -0.482 e. The van der Waals surface area contributed by atoms with Gasteiger partial charge in [0.15, 0.2) is 11.5 Å². The third-order valence-corrected chi connectivity index (χ3v) is 6.57. The molecule has 30 heavy (non-hydrogen) atoms. The number of hydrogen-bond donors (Lipinski definition) is 1. The standard InChI is InChI=1S/C21H16Cl5NO3/c1-2-13(11-6-4-3-5-7-11)27-21(28)14-9-8-12(30-14)10-29-20-18(25)16(23)15(22)17(24)19(20)26/h3-9,13H,2,10H2,1H3,(H,27,28). The van der Waals surface area contributed by atoms with Crippen molar-refractivity contribution in [2.24, 2.45) is 0 Å². The third kappa shape index (κ3) is 5.01. The van der Waals surface area contributed by atoms with Gasteiger partial charge in [0.05, 0.1) is 21.1 Å². The highest BCUT2D eigenvalue weighted by Gasteiger charge is 2.21. The van der Waals surface area contributed by atoms with Gasteiger partial charge in [-0.1, -0.05) is 95.3 Å². The molecular weight excluding hydrogens is 492 g/mol. The summed E-state index contributed by atoms with van der Waals surface area (Å²) in [5.74, 6) is 0.301. The molecule has 0 spiro atoms. The lowest BCUT2D eigenvalue weighted by Crippen LogP contribution is -2.27. The molecule has 0 saturated heterocycles. The molecule has 1 amide bonds. The minimum atomic E-state index is -0.328. The van der Waals surface area contributed by atoms with Crippen molar-refractivity contribution in [1.29, 1.82) is 0 Å². The molecule has 9 heteroatoms. The Morgan fingerprint density at radius 1 is 0.933 bits per heavy atom. The highest BCUT2D eigenvalue weighted by molar-refractivity contribution is 6.55. The number of benzene rings is 2. The van der Waals surface area contributed by atoms with E-state index in [1.807, 2.05) is 37.3 Å². The average molecular weight is 508 g/mol. The lowest BCUT2D eigenvalue weighted by atomic mass is 10.0. The largest absolute Gasteiger partial charge is 0.482 e. The number of halogens is 5. The molecule has 0 saturated carbocycles. The van der Waals surface area contributed by atoms with E-state index in [1.54, 1.807) is 12.1 Å². The summed E-state index contributed by atoms with van der Waals surface area (Å²) < 4.78 is 11.2. The zero-order valence-electron chi connectivity index (χ0n) is 15.6. The Morgan fingerprint density at radius 2 is 1.53 bits per heavy atom. The van der Waals surface area contributed by atoms with E-state index in [0.29, 0.717) is 5.76 Å². The zero-order chi connectivity index (χ0) is 21.8. The van der Waals surface area contributed by atoms with E-state index < -0.39 is 0 Å². The van der Waals surface area contributed by atoms with E-state index >= 15 is 0 Å². The number of carbonyl (C=O) groups is 1. The Labute approximate surface area is 199 Å². The molecule has 158 valence electrons. The fourth-order valence-corrected chi connectivity index (χ4v) is 4.00. The molecular formula is C21H16Cl5NO3. The Kier molecular flexibility index (Phi) is 7.83. The third-order valence-electron chi connectivity index (χ3n) is 4.33. The summed E-state index contributed by atoms with van der Waals surface area (Å²) in [6.45, 7) is 1.95. The van der Waals surface area contributed by atoms with E-state index in [4.69, 9.17) is 67.2 Å². The SMILES string of the molecule is CCC(NC(=O)c1ccc(COc2c(Cl)c(Cl)c(Cl)c(Cl)c2Cl)o1)c1ccccc1. The highest BCUT2D eigenvalue weighted by atomic mass is 35.5. The average Bonchev–Trinajstić information content (AvgIpc) is 3.24. The fourth-order valence-electron chi connectivity index (χ4n) is 2.77. The number of furan rings is 1. The Balaban J connectivity index is 1.69. The Hall–Kier alpha value is -1.56. The number of carbonyl (C=O) groups excluding carboxylic acids is 1. The van der Waals surface area contributed by atoms with Crippen molar-refractivity contribution < 1.29 is 13.9 Å². The Bertz CT molecular complexity index is 1020. The summed E-state index contributed by atoms with van der Waals surface area (Å²) in [5, 5.41) is 3.15. The summed E-state index contributed by atoms with van der Waals surface area (Å²) in [5.41, 5.74) is 1.02. The molecule has 0 aliphatic rings. The van der Waals surface area contributed by atoms with Crippen LogP contribution in [0.1, 0.15) is 41.3 Å². The maximum absolute atomic E-state index is 12.6. The molecule has 0 aliphatic heterocycles. The van der Waals surface area contributed by atoms with Crippen LogP contribution in [0.2, 0.25) is 25.1 Å². The van der Waals surface area contributed by atoms with Crippen molar-refractivity contribution in [3.8, 4) is 5.75 Å². The predicted molar refractivity (Wildman–Crippen MR) is 121 cm³/mol. The van der Waals surface area contributed by atoms with Gasteiger partial charge in [-0.15, -0.1) is 0 Å². The van der Waals surface area contributed by atoms with Crippen LogP contribution in [-0.4, -0.2) is 5.91 Å². The lowest BCUT2D eigenvalue weighted by Gasteiger charge is -2.16. The van der Waals surface area contributed by atoms with Gasteiger partial charge in [-0.25, -0.2) is 0 Å². The first kappa shape index (κ1) is 23.1. The second-order valence-corrected chi connectivity index (χ2v) is 8.19. The monoisotopic (exact) mass is 505 g/mol. The molecule has 0 fully saturated rings. The summed E-state index contributed by atoms with van der Waals surface area (Å²) in [7, 11) is 0. The van der Waals surface area contributed by atoms with Crippen LogP contribution >= 0.6 is 58.0 Å². The zero-order valence-corrected chi connectivity index (χ0v) is 19.4. The van der Waals surface area contributed by atoms with Gasteiger partial charge in [0.2, 0.25) is 0 Å². The van der Waals surface area contributed by atoms with Crippen LogP contribution in [0.25, 0.3) is 0 Å². The molecule has 0 aliphatic carbocycles. The minimum absolute atomic E-state index is 0.0359. The summed E-state index contributed by atoms with van der Waals surface area (Å²) >= 11 is 30.3. The van der Waals surface area contributed by atoms with E-state index in [2.05, 4.69) is 5.32 Å². The summed E-state index contributed by atoms with van der Waals surface area (Å²) in [4.78, 5) is 12.6. The van der Waals surface area contributed by atoms with E-state index in [9.17, 15) is 4.79 Å². The molecule has 1 atom stereocenters. The van der Waals surface area contributed by atoms with Gasteiger partial charge in [-0.3, -0.25) is 4.79 Å². The maximum Gasteiger partial charge on any atom is 0.287 e. The molecule has 1 aromatic heterocycles. The molecule has 4 nitrogen and oxygen atoms in total. The van der Waals surface area contributed by atoms with Crippen molar-refractivity contribution in [1.82, 2.24) is 5.32 Å². The van der Waals surface area contributed by atoms with Gasteiger partial charge in [-0.2, -0.15) is 0 Å². The van der Waals surface area contributed by atoms with E-state index in [1.165, 1.54) is 0 Å². The van der Waals surface area contributed by atoms with Crippen molar-refractivity contribution in [2.75, 3.05) is 0 Å². The van der Waals surface area contributed by atoms with Crippen LogP contribution in [0.5, 0.6) is 5.75 Å². The number of rotatable bonds is 7. The molecule has 1 N–H and O–H groups in total. The highest BCUT2D eigenvalue weighted by Crippen LogP contribution is 2.48. The number of hydrogen-bond acceptors (Lipinski definition) is 3. The lowest BCUT2D eigenvalue weighted by molar-refractivity contribution is 0.0903. The number of ether oxygens (including phenoxy) is 1. The van der Waals surface area contributed by atoms with Gasteiger partial charge < -0.3 is 14.5 Å². The van der Waals surface area contributed by atoms with Crippen molar-refractivity contribution in [3.05, 3.63) is 84.7 Å². The van der Waals surface area contributed by atoms with Gasteiger partial charge in [0, 0.05) is 0 Å². The van der Waals surface area contributed by atoms with Gasteiger partial charge in [0.1, 0.15) is 22.4 Å². The number of nitrogens with one attached hydrogen (secondary N) is 1. The van der Waals surface area contributed by atoms with Crippen molar-refractivity contribution in [3.63, 3.8) is 0 Å². The van der Waals surface area contributed by atoms with Gasteiger partial charge in [0.25, 0.3) is 5.91 Å². The smallest absolute Gasteiger partial charge is 0.287 e. The second-order valence-electron chi connectivity index (χ2n) is 6.30. The number of amides is 1. The van der Waals surface area contributed by atoms with Crippen LogP contribution in [0.15, 0.2) is 46.9 Å². The molecule has 3 rings (SSSR count). The quantitative estimate of drug-likeness (QED) is 0.260. The molecule has 2 aromatic carbocycles. The summed E-state index contributed by atoms with van der Waals surface area (Å²) in [6, 6.07) is 12.8. The maximum atomic E-state index is 12.6. The fraction of sp³-hybridized carbons (Fsp3) is 0.190. The van der Waals surface area contributed by atoms with E-state index in [0.717, 1.165) is 12.0 Å². The van der Waals surface area contributed by atoms with Crippen LogP contribution in [0.3, 0.4) is 0 Å². The van der Waals surface area contributed by atoms with Crippen LogP contribution in [-0.2, 0) is 6.61 Å². The van der Waals surface area contributed by atoms with Crippen LogP contribution in [0, 0.1) is 0 Å². The summed E-state index contributed by atoms with van der Waals surface area (Å²) in [6.07, 6.45) is 0.738. The molecule has 0 radical (unpaired) electrons. The van der Waals surface area contributed by atoms with Crippen molar-refractivity contribution >= 4 is 63.9 Å². The molecule has 3 aromatic rings. The van der Waals surface area contributed by atoms with E-state index in [-0.39, 0.29) is 55.2 Å². The van der Waals surface area contributed by atoms with Crippen molar-refractivity contribution in [2.45, 2.75) is 26.0 Å². The predicted octanol–water partition coefficient (Wildman–Crippen LogP) is 8.01. The molecule has 1 unspecified atom stereocenters. The first-order chi connectivity index (χ1) is 14.3. The first-order valence-electron chi connectivity index (χ1n) is 8.92. The second kappa shape index (κ2) is 10.2. The topological polar surface area (TPSA) is 51.5 Å². The van der Waals surface area contributed by atoms with Gasteiger partial charge in [-0.05, 0) is 24.1 Å². The van der Waals surface area contributed by atoms with Crippen LogP contribution < -0.4 is 10.1 Å². The van der Waals surface area contributed by atoms with Crippen LogP contribution in [0.4, 0.5) is 0 Å². The Morgan fingerprint density at radius 3 is 2.13 bits per heavy atom. The molecule has 0 bridgehead atoms. The first-order valence-corrected chi connectivity index (χ1v) is 10.8. The molecule has 1 heterocycles. The van der Waals surface area contributed by atoms with Gasteiger partial charge >= 0.3 is 0 Å².